The third-order valence-corrected chi connectivity index (χ3v) is 2.51. The van der Waals surface area contributed by atoms with Crippen LogP contribution < -0.4 is 5.32 Å². The summed E-state index contributed by atoms with van der Waals surface area (Å²) in [6, 6.07) is 1.92. The van der Waals surface area contributed by atoms with E-state index in [0.29, 0.717) is 0 Å². The minimum absolute atomic E-state index is 0.0704. The molecule has 2 rings (SSSR count). The number of nitrogens with one attached hydrogen (secondary N) is 1. The summed E-state index contributed by atoms with van der Waals surface area (Å²) in [5, 5.41) is 11.4. The highest BCUT2D eigenvalue weighted by Crippen LogP contribution is 2.22. The fraction of sp³-hybridized carbons (Fsp3) is 0.500. The Kier molecular flexibility index (Phi) is 3.02. The molecule has 5 nitrogen and oxygen atoms in total. The third-order valence-electron chi connectivity index (χ3n) is 2.51. The van der Waals surface area contributed by atoms with Crippen LogP contribution in [0.3, 0.4) is 0 Å². The second kappa shape index (κ2) is 4.33. The summed E-state index contributed by atoms with van der Waals surface area (Å²) in [6.45, 7) is 7.12. The summed E-state index contributed by atoms with van der Waals surface area (Å²) in [5.74, 6) is 0.779. The summed E-state index contributed by atoms with van der Waals surface area (Å²) >= 11 is 0. The Morgan fingerprint density at radius 1 is 1.41 bits per heavy atom. The Labute approximate surface area is 101 Å². The van der Waals surface area contributed by atoms with Crippen molar-refractivity contribution in [2.45, 2.75) is 32.9 Å². The van der Waals surface area contributed by atoms with Gasteiger partial charge >= 0.3 is 0 Å². The zero-order valence-corrected chi connectivity index (χ0v) is 10.7. The van der Waals surface area contributed by atoms with Crippen molar-refractivity contribution in [3.63, 3.8) is 0 Å². The van der Waals surface area contributed by atoms with Gasteiger partial charge in [0.2, 0.25) is 0 Å². The lowest BCUT2D eigenvalue weighted by molar-refractivity contribution is 0.417. The molecule has 0 aliphatic rings. The summed E-state index contributed by atoms with van der Waals surface area (Å²) in [5.41, 5.74) is 2.05. The Hall–Kier alpha value is -1.62. The highest BCUT2D eigenvalue weighted by atomic mass is 16.5. The van der Waals surface area contributed by atoms with Crippen LogP contribution in [0, 0.1) is 0 Å². The van der Waals surface area contributed by atoms with Gasteiger partial charge in [-0.3, -0.25) is 4.68 Å². The van der Waals surface area contributed by atoms with E-state index in [0.717, 1.165) is 23.6 Å². The number of nitrogens with zero attached hydrogens (tertiary/aromatic N) is 3. The van der Waals surface area contributed by atoms with Crippen molar-refractivity contribution in [3.05, 3.63) is 24.0 Å². The minimum atomic E-state index is 0.0704. The summed E-state index contributed by atoms with van der Waals surface area (Å²) < 4.78 is 7.08. The van der Waals surface area contributed by atoms with E-state index in [4.69, 9.17) is 4.52 Å². The molecule has 5 heteroatoms. The van der Waals surface area contributed by atoms with Crippen LogP contribution in [0.1, 0.15) is 26.3 Å². The smallest absolute Gasteiger partial charge is 0.189 e. The molecule has 0 aromatic carbocycles. The number of aryl methyl sites for hydroxylation is 1. The number of aromatic nitrogens is 3. The normalized spacial score (nSPS) is 12.0. The molecule has 0 aliphatic heterocycles. The second-order valence-corrected chi connectivity index (χ2v) is 5.12. The van der Waals surface area contributed by atoms with Crippen LogP contribution in [-0.4, -0.2) is 20.5 Å². The van der Waals surface area contributed by atoms with E-state index in [-0.39, 0.29) is 5.54 Å². The van der Waals surface area contributed by atoms with E-state index in [1.54, 1.807) is 17.1 Å². The van der Waals surface area contributed by atoms with E-state index in [2.05, 4.69) is 36.3 Å². The quantitative estimate of drug-likeness (QED) is 0.882. The average Bonchev–Trinajstić information content (AvgIpc) is 2.81. The summed E-state index contributed by atoms with van der Waals surface area (Å²) in [6.07, 6.45) is 3.50. The van der Waals surface area contributed by atoms with Gasteiger partial charge in [-0.1, -0.05) is 5.16 Å². The Balaban J connectivity index is 2.21. The molecule has 0 spiro atoms. The molecule has 0 fully saturated rings. The van der Waals surface area contributed by atoms with Gasteiger partial charge < -0.3 is 9.84 Å². The molecule has 0 bridgehead atoms. The van der Waals surface area contributed by atoms with Gasteiger partial charge in [0.15, 0.2) is 5.76 Å². The van der Waals surface area contributed by atoms with Crippen LogP contribution in [0.5, 0.6) is 0 Å². The summed E-state index contributed by atoms with van der Waals surface area (Å²) in [4.78, 5) is 0. The van der Waals surface area contributed by atoms with Crippen LogP contribution in [0.15, 0.2) is 23.0 Å². The zero-order chi connectivity index (χ0) is 12.5. The van der Waals surface area contributed by atoms with Crippen LogP contribution in [0.4, 0.5) is 0 Å². The molecule has 0 saturated carbocycles. The maximum absolute atomic E-state index is 5.30. The van der Waals surface area contributed by atoms with Gasteiger partial charge in [0, 0.05) is 30.9 Å². The lowest BCUT2D eigenvalue weighted by Crippen LogP contribution is -2.35. The molecule has 0 amide bonds. The highest BCUT2D eigenvalue weighted by molar-refractivity contribution is 5.55. The molecular weight excluding hydrogens is 216 g/mol. The number of hydrogen-bond donors (Lipinski definition) is 1. The van der Waals surface area contributed by atoms with Crippen molar-refractivity contribution < 1.29 is 4.52 Å². The maximum atomic E-state index is 5.30. The molecule has 17 heavy (non-hydrogen) atoms. The highest BCUT2D eigenvalue weighted by Gasteiger charge is 2.16. The first-order valence-electron chi connectivity index (χ1n) is 5.64. The second-order valence-electron chi connectivity index (χ2n) is 5.12. The van der Waals surface area contributed by atoms with E-state index in [1.165, 1.54) is 0 Å². The lowest BCUT2D eigenvalue weighted by atomic mass is 10.1. The number of rotatable bonds is 3. The van der Waals surface area contributed by atoms with Crippen LogP contribution in [0.2, 0.25) is 0 Å². The predicted molar refractivity (Wildman–Crippen MR) is 65.3 cm³/mol. The van der Waals surface area contributed by atoms with Gasteiger partial charge in [-0.15, -0.1) is 0 Å². The Bertz CT molecular complexity index is 493. The van der Waals surface area contributed by atoms with E-state index >= 15 is 0 Å². The van der Waals surface area contributed by atoms with Crippen molar-refractivity contribution in [1.29, 1.82) is 0 Å². The van der Waals surface area contributed by atoms with Gasteiger partial charge in [0.05, 0.1) is 6.20 Å². The fourth-order valence-electron chi connectivity index (χ4n) is 1.55. The van der Waals surface area contributed by atoms with Gasteiger partial charge in [0.25, 0.3) is 0 Å². The SMILES string of the molecule is Cn1nccc1-c1oncc1CNC(C)(C)C. The first-order chi connectivity index (χ1) is 7.97. The first-order valence-corrected chi connectivity index (χ1v) is 5.64. The standard InChI is InChI=1S/C12H18N4O/c1-12(2,3)13-7-9-8-15-17-11(9)10-5-6-14-16(10)4/h5-6,8,13H,7H2,1-4H3. The van der Waals surface area contributed by atoms with Crippen molar-refractivity contribution in [2.75, 3.05) is 0 Å². The largest absolute Gasteiger partial charge is 0.354 e. The van der Waals surface area contributed by atoms with Crippen molar-refractivity contribution in [2.24, 2.45) is 7.05 Å². The van der Waals surface area contributed by atoms with Crippen LogP contribution in [-0.2, 0) is 13.6 Å². The maximum Gasteiger partial charge on any atom is 0.189 e. The van der Waals surface area contributed by atoms with E-state index in [1.807, 2.05) is 13.1 Å². The van der Waals surface area contributed by atoms with Gasteiger partial charge in [0.1, 0.15) is 5.69 Å². The van der Waals surface area contributed by atoms with Crippen molar-refractivity contribution >= 4 is 0 Å². The van der Waals surface area contributed by atoms with Crippen molar-refractivity contribution in [3.8, 4) is 11.5 Å². The fourth-order valence-corrected chi connectivity index (χ4v) is 1.55. The van der Waals surface area contributed by atoms with E-state index < -0.39 is 0 Å². The van der Waals surface area contributed by atoms with Gasteiger partial charge in [-0.05, 0) is 26.8 Å². The molecule has 0 aliphatic carbocycles. The molecule has 2 aromatic rings. The molecule has 2 heterocycles. The molecule has 0 saturated heterocycles. The molecule has 1 N–H and O–H groups in total. The van der Waals surface area contributed by atoms with E-state index in [9.17, 15) is 0 Å². The van der Waals surface area contributed by atoms with Gasteiger partial charge in [-0.25, -0.2) is 0 Å². The molecule has 2 aromatic heterocycles. The van der Waals surface area contributed by atoms with Crippen molar-refractivity contribution in [1.82, 2.24) is 20.3 Å². The lowest BCUT2D eigenvalue weighted by Gasteiger charge is -2.20. The Morgan fingerprint density at radius 2 is 2.18 bits per heavy atom. The minimum Gasteiger partial charge on any atom is -0.354 e. The average molecular weight is 234 g/mol. The third kappa shape index (κ3) is 2.74. The summed E-state index contributed by atoms with van der Waals surface area (Å²) in [7, 11) is 1.89. The molecule has 0 radical (unpaired) electrons. The monoisotopic (exact) mass is 234 g/mol. The molecular formula is C12H18N4O. The molecule has 0 atom stereocenters. The topological polar surface area (TPSA) is 55.9 Å². The molecule has 92 valence electrons. The van der Waals surface area contributed by atoms with Crippen LogP contribution in [0.25, 0.3) is 11.5 Å². The predicted octanol–water partition coefficient (Wildman–Crippen LogP) is 1.96. The van der Waals surface area contributed by atoms with Gasteiger partial charge in [-0.2, -0.15) is 5.10 Å². The first kappa shape index (κ1) is 11.9. The van der Waals surface area contributed by atoms with Crippen LogP contribution >= 0.6 is 0 Å². The molecule has 0 unspecified atom stereocenters. The number of hydrogen-bond acceptors (Lipinski definition) is 4. The Morgan fingerprint density at radius 3 is 2.76 bits per heavy atom. The zero-order valence-electron chi connectivity index (χ0n) is 10.7.